The number of hydrogen-bond acceptors (Lipinski definition) is 3. The Labute approximate surface area is 109 Å². The molecule has 2 N–H and O–H groups in total. The van der Waals surface area contributed by atoms with E-state index in [0.717, 1.165) is 17.8 Å². The molecule has 1 aromatic heterocycles. The van der Waals surface area contributed by atoms with Crippen LogP contribution < -0.4 is 34.7 Å². The predicted molar refractivity (Wildman–Crippen MR) is 50.6 cm³/mol. The number of carboxylic acids is 1. The van der Waals surface area contributed by atoms with Crippen LogP contribution in [-0.2, 0) is 4.79 Å². The molecule has 2 aromatic rings. The second-order valence-electron chi connectivity index (χ2n) is 2.71. The third-order valence-corrected chi connectivity index (χ3v) is 1.57. The zero-order valence-corrected chi connectivity index (χ0v) is 10.7. The monoisotopic (exact) mass is 215 g/mol. The molecule has 0 fully saturated rings. The third-order valence-electron chi connectivity index (χ3n) is 1.57. The SMILES string of the molecule is CC(=O)[O-].Oc1c[nH]c2ccccc12.[Na+]. The molecule has 0 atom stereocenters. The summed E-state index contributed by atoms with van der Waals surface area (Å²) in [5.41, 5.74) is 0.972. The predicted octanol–water partition coefficient (Wildman–Crippen LogP) is -2.37. The molecule has 15 heavy (non-hydrogen) atoms. The Balaban J connectivity index is 0.000000346. The molecule has 0 aliphatic carbocycles. The van der Waals surface area contributed by atoms with Crippen LogP contribution in [0.2, 0.25) is 0 Å². The number of hydrogen-bond donors (Lipinski definition) is 2. The van der Waals surface area contributed by atoms with Crippen LogP contribution in [-0.4, -0.2) is 16.1 Å². The molecular formula is C10H10NNaO3. The summed E-state index contributed by atoms with van der Waals surface area (Å²) in [5.74, 6) is -0.768. The smallest absolute Gasteiger partial charge is 0.550 e. The fourth-order valence-corrected chi connectivity index (χ4v) is 1.06. The van der Waals surface area contributed by atoms with Gasteiger partial charge in [-0.15, -0.1) is 0 Å². The first-order chi connectivity index (χ1) is 6.61. The average molecular weight is 215 g/mol. The summed E-state index contributed by atoms with van der Waals surface area (Å²) in [5, 5.41) is 18.9. The molecular weight excluding hydrogens is 205 g/mol. The van der Waals surface area contributed by atoms with Gasteiger partial charge in [-0.25, -0.2) is 0 Å². The molecule has 5 heteroatoms. The molecule has 1 heterocycles. The van der Waals surface area contributed by atoms with Crippen LogP contribution in [0.25, 0.3) is 10.9 Å². The second-order valence-corrected chi connectivity index (χ2v) is 2.71. The fraction of sp³-hybridized carbons (Fsp3) is 0.100. The van der Waals surface area contributed by atoms with Crippen molar-refractivity contribution in [1.82, 2.24) is 4.98 Å². The van der Waals surface area contributed by atoms with Gasteiger partial charge in [-0.05, 0) is 19.1 Å². The van der Waals surface area contributed by atoms with Gasteiger partial charge < -0.3 is 20.0 Å². The maximum Gasteiger partial charge on any atom is 1.00 e. The molecule has 4 nitrogen and oxygen atoms in total. The number of H-pyrrole nitrogens is 1. The maximum atomic E-state index is 9.18. The number of aliphatic carboxylic acids is 1. The van der Waals surface area contributed by atoms with E-state index in [1.807, 2.05) is 24.3 Å². The number of para-hydroxylation sites is 1. The molecule has 0 bridgehead atoms. The minimum atomic E-state index is -1.08. The molecule has 0 saturated heterocycles. The molecule has 0 amide bonds. The minimum Gasteiger partial charge on any atom is -0.550 e. The first kappa shape index (κ1) is 14.0. The van der Waals surface area contributed by atoms with Crippen molar-refractivity contribution in [3.8, 4) is 5.75 Å². The number of benzene rings is 1. The van der Waals surface area contributed by atoms with E-state index in [1.54, 1.807) is 6.20 Å². The zero-order valence-electron chi connectivity index (χ0n) is 8.65. The number of aromatic hydroxyl groups is 1. The van der Waals surface area contributed by atoms with Gasteiger partial charge in [0.15, 0.2) is 0 Å². The number of carbonyl (C=O) groups excluding carboxylic acids is 1. The Morgan fingerprint density at radius 3 is 2.47 bits per heavy atom. The Morgan fingerprint density at radius 2 is 1.93 bits per heavy atom. The Morgan fingerprint density at radius 1 is 1.40 bits per heavy atom. The Kier molecular flexibility index (Phi) is 6.08. The van der Waals surface area contributed by atoms with Crippen molar-refractivity contribution in [2.24, 2.45) is 0 Å². The van der Waals surface area contributed by atoms with E-state index in [2.05, 4.69) is 4.98 Å². The Hall–Kier alpha value is -0.970. The Bertz CT molecular complexity index is 435. The van der Waals surface area contributed by atoms with Crippen LogP contribution in [0.1, 0.15) is 6.92 Å². The molecule has 0 unspecified atom stereocenters. The van der Waals surface area contributed by atoms with E-state index in [-0.39, 0.29) is 29.6 Å². The average Bonchev–Trinajstić information content (AvgIpc) is 2.48. The maximum absolute atomic E-state index is 9.18. The molecule has 1 aromatic carbocycles. The molecule has 0 aliphatic heterocycles. The molecule has 0 radical (unpaired) electrons. The normalized spacial score (nSPS) is 8.60. The van der Waals surface area contributed by atoms with Gasteiger partial charge in [0.05, 0.1) is 0 Å². The summed E-state index contributed by atoms with van der Waals surface area (Å²) in [4.78, 5) is 11.8. The molecule has 0 aliphatic rings. The van der Waals surface area contributed by atoms with Gasteiger partial charge >= 0.3 is 29.6 Å². The van der Waals surface area contributed by atoms with Gasteiger partial charge in [0.2, 0.25) is 0 Å². The summed E-state index contributed by atoms with van der Waals surface area (Å²) in [6, 6.07) is 7.63. The summed E-state index contributed by atoms with van der Waals surface area (Å²) in [7, 11) is 0. The summed E-state index contributed by atoms with van der Waals surface area (Å²) in [6.45, 7) is 0.972. The third kappa shape index (κ3) is 4.38. The van der Waals surface area contributed by atoms with Crippen molar-refractivity contribution in [3.63, 3.8) is 0 Å². The standard InChI is InChI=1S/C8H7NO.C2H4O2.Na/c10-8-5-9-7-4-2-1-3-6(7)8;1-2(3)4;/h1-5,9-10H;1H3,(H,3,4);/q;;+1/p-1. The molecule has 0 saturated carbocycles. The molecule has 74 valence electrons. The summed E-state index contributed by atoms with van der Waals surface area (Å²) >= 11 is 0. The number of carbonyl (C=O) groups is 1. The number of rotatable bonds is 0. The largest absolute Gasteiger partial charge is 1.00 e. The first-order valence-electron chi connectivity index (χ1n) is 4.04. The van der Waals surface area contributed by atoms with Crippen LogP contribution in [0, 0.1) is 0 Å². The number of aromatic nitrogens is 1. The van der Waals surface area contributed by atoms with Crippen molar-refractivity contribution in [1.29, 1.82) is 0 Å². The van der Waals surface area contributed by atoms with Crippen molar-refractivity contribution >= 4 is 16.9 Å². The van der Waals surface area contributed by atoms with Gasteiger partial charge in [0.25, 0.3) is 0 Å². The van der Waals surface area contributed by atoms with E-state index in [1.165, 1.54) is 0 Å². The zero-order chi connectivity index (χ0) is 10.6. The topological polar surface area (TPSA) is 76.2 Å². The van der Waals surface area contributed by atoms with Crippen molar-refractivity contribution in [3.05, 3.63) is 30.5 Å². The van der Waals surface area contributed by atoms with Crippen LogP contribution in [0.4, 0.5) is 0 Å². The van der Waals surface area contributed by atoms with Gasteiger partial charge in [-0.3, -0.25) is 0 Å². The van der Waals surface area contributed by atoms with E-state index in [9.17, 15) is 5.11 Å². The van der Waals surface area contributed by atoms with Gasteiger partial charge in [-0.2, -0.15) is 0 Å². The number of fused-ring (bicyclic) bond motifs is 1. The van der Waals surface area contributed by atoms with E-state index in [0.29, 0.717) is 5.75 Å². The van der Waals surface area contributed by atoms with Crippen molar-refractivity contribution < 1.29 is 44.6 Å². The number of carboxylic acid groups (broad SMARTS) is 1. The van der Waals surface area contributed by atoms with Gasteiger partial charge in [-0.1, -0.05) is 12.1 Å². The van der Waals surface area contributed by atoms with Crippen molar-refractivity contribution in [2.75, 3.05) is 0 Å². The summed E-state index contributed by atoms with van der Waals surface area (Å²) < 4.78 is 0. The van der Waals surface area contributed by atoms with E-state index < -0.39 is 5.97 Å². The van der Waals surface area contributed by atoms with Gasteiger partial charge in [0.1, 0.15) is 5.75 Å². The van der Waals surface area contributed by atoms with Crippen LogP contribution in [0.5, 0.6) is 5.75 Å². The van der Waals surface area contributed by atoms with Gasteiger partial charge in [0, 0.05) is 23.1 Å². The number of nitrogens with one attached hydrogen (secondary N) is 1. The minimum absolute atomic E-state index is 0. The first-order valence-corrected chi connectivity index (χ1v) is 4.04. The van der Waals surface area contributed by atoms with Crippen LogP contribution in [0.3, 0.4) is 0 Å². The molecule has 2 rings (SSSR count). The molecule has 0 spiro atoms. The fourth-order valence-electron chi connectivity index (χ4n) is 1.06. The quantitative estimate of drug-likeness (QED) is 0.482. The van der Waals surface area contributed by atoms with E-state index in [4.69, 9.17) is 9.90 Å². The number of aromatic amines is 1. The van der Waals surface area contributed by atoms with Crippen LogP contribution >= 0.6 is 0 Å². The summed E-state index contributed by atoms with van der Waals surface area (Å²) in [6.07, 6.45) is 1.59. The van der Waals surface area contributed by atoms with Crippen molar-refractivity contribution in [2.45, 2.75) is 6.92 Å². The van der Waals surface area contributed by atoms with Crippen LogP contribution in [0.15, 0.2) is 30.5 Å². The van der Waals surface area contributed by atoms with E-state index >= 15 is 0 Å². The second kappa shape index (κ2) is 6.50.